The number of halogens is 1. The van der Waals surface area contributed by atoms with Crippen LogP contribution in [0.25, 0.3) is 0 Å². The van der Waals surface area contributed by atoms with Gasteiger partial charge in [-0.3, -0.25) is 0 Å². The molecule has 9 heavy (non-hydrogen) atoms. The highest BCUT2D eigenvalue weighted by molar-refractivity contribution is 5.85. The van der Waals surface area contributed by atoms with Gasteiger partial charge in [-0.25, -0.2) is 0 Å². The average molecular weight is 146 g/mol. The van der Waals surface area contributed by atoms with Crippen LogP contribution in [0, 0.1) is 5.92 Å². The summed E-state index contributed by atoms with van der Waals surface area (Å²) in [6.07, 6.45) is 7.29. The molecule has 1 fully saturated rings. The predicted octanol–water partition coefficient (Wildman–Crippen LogP) is 1.35. The molecule has 0 spiro atoms. The molecule has 2 unspecified atom stereocenters. The van der Waals surface area contributed by atoms with Gasteiger partial charge in [-0.05, 0) is 25.3 Å². The van der Waals surface area contributed by atoms with E-state index in [0.29, 0.717) is 0 Å². The number of hydrogen-bond donors (Lipinski definition) is 1. The Hall–Kier alpha value is -0.0100. The molecule has 2 atom stereocenters. The van der Waals surface area contributed by atoms with Crippen LogP contribution in [0.3, 0.4) is 0 Å². The summed E-state index contributed by atoms with van der Waals surface area (Å²) < 4.78 is 0. The van der Waals surface area contributed by atoms with Crippen molar-refractivity contribution < 1.29 is 0 Å². The maximum Gasteiger partial charge on any atom is 0.0253 e. The fourth-order valence-electron chi connectivity index (χ4n) is 1.61. The highest BCUT2D eigenvalue weighted by atomic mass is 35.5. The van der Waals surface area contributed by atoms with Gasteiger partial charge in [-0.1, -0.05) is 12.2 Å². The summed E-state index contributed by atoms with van der Waals surface area (Å²) in [5.41, 5.74) is 0. The Morgan fingerprint density at radius 3 is 3.00 bits per heavy atom. The van der Waals surface area contributed by atoms with E-state index in [-0.39, 0.29) is 12.4 Å². The molecule has 1 aliphatic heterocycles. The van der Waals surface area contributed by atoms with E-state index in [1.807, 2.05) is 0 Å². The lowest BCUT2D eigenvalue weighted by Crippen LogP contribution is -2.17. The van der Waals surface area contributed by atoms with E-state index in [9.17, 15) is 0 Å². The Bertz CT molecular complexity index is 122. The highest BCUT2D eigenvalue weighted by Gasteiger charge is 2.23. The van der Waals surface area contributed by atoms with Crippen LogP contribution in [0.4, 0.5) is 0 Å². The predicted molar refractivity (Wildman–Crippen MR) is 40.9 cm³/mol. The van der Waals surface area contributed by atoms with Gasteiger partial charge in [0, 0.05) is 6.04 Å². The molecule has 1 saturated heterocycles. The van der Waals surface area contributed by atoms with E-state index in [0.717, 1.165) is 12.0 Å². The number of nitrogens with one attached hydrogen (secondary N) is 1. The normalized spacial score (nSPS) is 38.2. The van der Waals surface area contributed by atoms with Crippen LogP contribution >= 0.6 is 12.4 Å². The molecule has 0 saturated carbocycles. The Kier molecular flexibility index (Phi) is 2.14. The van der Waals surface area contributed by atoms with Gasteiger partial charge >= 0.3 is 0 Å². The van der Waals surface area contributed by atoms with Crippen LogP contribution in [-0.2, 0) is 0 Å². The molecular weight excluding hydrogens is 134 g/mol. The van der Waals surface area contributed by atoms with E-state index in [4.69, 9.17) is 0 Å². The van der Waals surface area contributed by atoms with Crippen molar-refractivity contribution in [2.75, 3.05) is 6.54 Å². The van der Waals surface area contributed by atoms with Gasteiger partial charge in [0.15, 0.2) is 0 Å². The summed E-state index contributed by atoms with van der Waals surface area (Å²) >= 11 is 0. The largest absolute Gasteiger partial charge is 0.310 e. The zero-order valence-corrected chi connectivity index (χ0v) is 6.16. The van der Waals surface area contributed by atoms with Crippen LogP contribution < -0.4 is 5.32 Å². The van der Waals surface area contributed by atoms with Crippen molar-refractivity contribution in [1.29, 1.82) is 0 Å². The first-order chi connectivity index (χ1) is 3.95. The molecule has 0 aromatic heterocycles. The zero-order valence-electron chi connectivity index (χ0n) is 5.34. The summed E-state index contributed by atoms with van der Waals surface area (Å²) in [6.45, 7) is 1.25. The topological polar surface area (TPSA) is 12.0 Å². The zero-order chi connectivity index (χ0) is 5.40. The molecule has 2 bridgehead atoms. The lowest BCUT2D eigenvalue weighted by atomic mass is 9.97. The maximum absolute atomic E-state index is 3.43. The van der Waals surface area contributed by atoms with Crippen molar-refractivity contribution in [2.24, 2.45) is 5.92 Å². The van der Waals surface area contributed by atoms with Crippen molar-refractivity contribution in [3.8, 4) is 0 Å². The van der Waals surface area contributed by atoms with Gasteiger partial charge in [0.2, 0.25) is 0 Å². The monoisotopic (exact) mass is 145 g/mol. The van der Waals surface area contributed by atoms with E-state index in [1.54, 1.807) is 0 Å². The number of allylic oxidation sites excluding steroid dienone is 1. The molecule has 1 heterocycles. The molecule has 1 N–H and O–H groups in total. The fraction of sp³-hybridized carbons (Fsp3) is 0.714. The average Bonchev–Trinajstić information content (AvgIpc) is 2.12. The Morgan fingerprint density at radius 2 is 2.33 bits per heavy atom. The van der Waals surface area contributed by atoms with Gasteiger partial charge in [-0.2, -0.15) is 0 Å². The van der Waals surface area contributed by atoms with Crippen LogP contribution in [0.5, 0.6) is 0 Å². The molecule has 1 aliphatic carbocycles. The third-order valence-corrected chi connectivity index (χ3v) is 2.09. The van der Waals surface area contributed by atoms with Gasteiger partial charge in [0.25, 0.3) is 0 Å². The molecule has 1 nitrogen and oxygen atoms in total. The maximum atomic E-state index is 3.43. The Morgan fingerprint density at radius 1 is 1.44 bits per heavy atom. The summed E-state index contributed by atoms with van der Waals surface area (Å²) in [7, 11) is 0. The first-order valence-corrected chi connectivity index (χ1v) is 3.35. The van der Waals surface area contributed by atoms with E-state index in [1.165, 1.54) is 19.4 Å². The Labute approximate surface area is 61.9 Å². The summed E-state index contributed by atoms with van der Waals surface area (Å²) in [6, 6.07) is 0.730. The molecule has 2 rings (SSSR count). The third kappa shape index (κ3) is 1.28. The first kappa shape index (κ1) is 7.10. The minimum atomic E-state index is 0. The SMILES string of the molecule is C1=CC2CC(C1)CN2.Cl. The van der Waals surface area contributed by atoms with Crippen molar-refractivity contribution >= 4 is 12.4 Å². The molecule has 2 aliphatic rings. The van der Waals surface area contributed by atoms with E-state index >= 15 is 0 Å². The Balaban J connectivity index is 0.000000405. The quantitative estimate of drug-likeness (QED) is 0.508. The molecule has 0 radical (unpaired) electrons. The molecule has 0 aromatic rings. The van der Waals surface area contributed by atoms with Crippen molar-refractivity contribution in [3.63, 3.8) is 0 Å². The second-order valence-corrected chi connectivity index (χ2v) is 2.78. The first-order valence-electron chi connectivity index (χ1n) is 3.35. The van der Waals surface area contributed by atoms with Gasteiger partial charge in [0.05, 0.1) is 0 Å². The molecule has 2 heteroatoms. The van der Waals surface area contributed by atoms with Crippen LogP contribution in [0.1, 0.15) is 12.8 Å². The summed E-state index contributed by atoms with van der Waals surface area (Å²) in [4.78, 5) is 0. The van der Waals surface area contributed by atoms with Crippen LogP contribution in [0.15, 0.2) is 12.2 Å². The highest BCUT2D eigenvalue weighted by Crippen LogP contribution is 2.23. The fourth-order valence-corrected chi connectivity index (χ4v) is 1.61. The second-order valence-electron chi connectivity index (χ2n) is 2.78. The lowest BCUT2D eigenvalue weighted by Gasteiger charge is -2.08. The van der Waals surface area contributed by atoms with Crippen molar-refractivity contribution in [1.82, 2.24) is 5.32 Å². The number of rotatable bonds is 0. The van der Waals surface area contributed by atoms with E-state index in [2.05, 4.69) is 17.5 Å². The smallest absolute Gasteiger partial charge is 0.0253 e. The van der Waals surface area contributed by atoms with Crippen molar-refractivity contribution in [2.45, 2.75) is 18.9 Å². The van der Waals surface area contributed by atoms with Crippen LogP contribution in [0.2, 0.25) is 0 Å². The van der Waals surface area contributed by atoms with Crippen LogP contribution in [-0.4, -0.2) is 12.6 Å². The minimum Gasteiger partial charge on any atom is -0.310 e. The minimum absolute atomic E-state index is 0. The molecule has 0 aromatic carbocycles. The number of hydrogen-bond acceptors (Lipinski definition) is 1. The van der Waals surface area contributed by atoms with Gasteiger partial charge < -0.3 is 5.32 Å². The summed E-state index contributed by atoms with van der Waals surface area (Å²) in [5, 5.41) is 3.43. The van der Waals surface area contributed by atoms with Gasteiger partial charge in [-0.15, -0.1) is 12.4 Å². The molecular formula is C7H12ClN. The van der Waals surface area contributed by atoms with Crippen molar-refractivity contribution in [3.05, 3.63) is 12.2 Å². The second kappa shape index (κ2) is 2.72. The molecule has 52 valence electrons. The standard InChI is InChI=1S/C7H11N.ClH/c1-2-6-4-7(3-1)8-5-6;/h1,3,6-8H,2,4-5H2;1H. The molecule has 0 amide bonds. The lowest BCUT2D eigenvalue weighted by molar-refractivity contribution is 0.569. The van der Waals surface area contributed by atoms with E-state index < -0.39 is 0 Å². The number of fused-ring (bicyclic) bond motifs is 2. The van der Waals surface area contributed by atoms with Gasteiger partial charge in [0.1, 0.15) is 0 Å². The third-order valence-electron chi connectivity index (χ3n) is 2.09. The summed E-state index contributed by atoms with van der Waals surface area (Å²) in [5.74, 6) is 0.963.